The van der Waals surface area contributed by atoms with Crippen molar-refractivity contribution in [1.82, 2.24) is 10.2 Å². The molecule has 2 aromatic carbocycles. The van der Waals surface area contributed by atoms with Crippen molar-refractivity contribution >= 4 is 23.4 Å². The van der Waals surface area contributed by atoms with E-state index in [0.29, 0.717) is 17.0 Å². The number of hydrogen-bond donors (Lipinski definition) is 1. The maximum absolute atomic E-state index is 12.9. The summed E-state index contributed by atoms with van der Waals surface area (Å²) in [5, 5.41) is 3.27. The molecule has 0 radical (unpaired) electrons. The molecule has 1 fully saturated rings. The van der Waals surface area contributed by atoms with Crippen LogP contribution in [0.3, 0.4) is 0 Å². The third kappa shape index (κ3) is 4.40. The van der Waals surface area contributed by atoms with Crippen LogP contribution in [0.15, 0.2) is 54.6 Å². The van der Waals surface area contributed by atoms with Crippen LogP contribution in [0.2, 0.25) is 5.02 Å². The number of hydrogen-bond acceptors (Lipinski definition) is 2. The van der Waals surface area contributed by atoms with Crippen LogP contribution in [0.4, 0.5) is 0 Å². The van der Waals surface area contributed by atoms with E-state index in [2.05, 4.69) is 5.32 Å². The lowest BCUT2D eigenvalue weighted by Gasteiger charge is -2.24. The van der Waals surface area contributed by atoms with E-state index in [4.69, 9.17) is 11.6 Å². The third-order valence-corrected chi connectivity index (χ3v) is 4.75. The van der Waals surface area contributed by atoms with Crippen molar-refractivity contribution in [3.8, 4) is 0 Å². The summed E-state index contributed by atoms with van der Waals surface area (Å²) in [6.07, 6.45) is 2.50. The first kappa shape index (κ1) is 17.5. The number of nitrogens with zero attached hydrogens (tertiary/aromatic N) is 1. The Morgan fingerprint density at radius 1 is 1.00 bits per heavy atom. The first-order valence-corrected chi connectivity index (χ1v) is 8.91. The minimum absolute atomic E-state index is 0.0262. The van der Waals surface area contributed by atoms with Gasteiger partial charge in [0.05, 0.1) is 10.6 Å². The molecular weight excluding hydrogens is 336 g/mol. The van der Waals surface area contributed by atoms with Crippen LogP contribution in [0.25, 0.3) is 0 Å². The van der Waals surface area contributed by atoms with E-state index >= 15 is 0 Å². The molecule has 0 aromatic heterocycles. The van der Waals surface area contributed by atoms with Crippen molar-refractivity contribution in [3.63, 3.8) is 0 Å². The molecule has 3 rings (SSSR count). The Bertz CT molecular complexity index is 742. The SMILES string of the molecule is O=C(N[C@H](Cc1ccccc1)C(=O)N1CCCC1)c1ccccc1Cl. The molecule has 0 unspecified atom stereocenters. The van der Waals surface area contributed by atoms with Crippen molar-refractivity contribution in [2.24, 2.45) is 0 Å². The molecular formula is C20H21ClN2O2. The quantitative estimate of drug-likeness (QED) is 0.893. The second kappa shape index (κ2) is 8.17. The fourth-order valence-corrected chi connectivity index (χ4v) is 3.31. The molecule has 25 heavy (non-hydrogen) atoms. The van der Waals surface area contributed by atoms with Gasteiger partial charge in [-0.25, -0.2) is 0 Å². The van der Waals surface area contributed by atoms with Gasteiger partial charge in [0.1, 0.15) is 6.04 Å². The number of carbonyl (C=O) groups excluding carboxylic acids is 2. The minimum Gasteiger partial charge on any atom is -0.341 e. The standard InChI is InChI=1S/C20H21ClN2O2/c21-17-11-5-4-10-16(17)19(24)22-18(14-15-8-2-1-3-9-15)20(25)23-12-6-7-13-23/h1-5,8-11,18H,6-7,12-14H2,(H,22,24)/t18-/m1/s1. The molecule has 1 heterocycles. The molecule has 1 atom stereocenters. The summed E-state index contributed by atoms with van der Waals surface area (Å²) >= 11 is 6.11. The van der Waals surface area contributed by atoms with E-state index < -0.39 is 6.04 Å². The van der Waals surface area contributed by atoms with Crippen LogP contribution in [0.1, 0.15) is 28.8 Å². The van der Waals surface area contributed by atoms with Crippen molar-refractivity contribution in [2.45, 2.75) is 25.3 Å². The van der Waals surface area contributed by atoms with Gasteiger partial charge in [-0.05, 0) is 30.5 Å². The molecule has 0 bridgehead atoms. The number of carbonyl (C=O) groups is 2. The van der Waals surface area contributed by atoms with Crippen LogP contribution in [-0.4, -0.2) is 35.8 Å². The van der Waals surface area contributed by atoms with Gasteiger partial charge in [-0.15, -0.1) is 0 Å². The molecule has 5 heteroatoms. The van der Waals surface area contributed by atoms with Crippen LogP contribution >= 0.6 is 11.6 Å². The Morgan fingerprint density at radius 3 is 2.32 bits per heavy atom. The van der Waals surface area contributed by atoms with E-state index in [1.54, 1.807) is 24.3 Å². The van der Waals surface area contributed by atoms with E-state index in [0.717, 1.165) is 31.5 Å². The van der Waals surface area contributed by atoms with Crippen LogP contribution in [-0.2, 0) is 11.2 Å². The molecule has 1 aliphatic rings. The summed E-state index contributed by atoms with van der Waals surface area (Å²) in [5.41, 5.74) is 1.40. The monoisotopic (exact) mass is 356 g/mol. The zero-order chi connectivity index (χ0) is 17.6. The van der Waals surface area contributed by atoms with Gasteiger partial charge >= 0.3 is 0 Å². The van der Waals surface area contributed by atoms with Crippen molar-refractivity contribution in [1.29, 1.82) is 0 Å². The van der Waals surface area contributed by atoms with E-state index in [1.165, 1.54) is 0 Å². The van der Waals surface area contributed by atoms with Crippen LogP contribution < -0.4 is 5.32 Å². The highest BCUT2D eigenvalue weighted by molar-refractivity contribution is 6.33. The molecule has 2 amide bonds. The van der Waals surface area contributed by atoms with E-state index in [-0.39, 0.29) is 11.8 Å². The number of benzene rings is 2. The topological polar surface area (TPSA) is 49.4 Å². The molecule has 1 saturated heterocycles. The number of amides is 2. The second-order valence-corrected chi connectivity index (χ2v) is 6.64. The molecule has 0 aliphatic carbocycles. The molecule has 4 nitrogen and oxygen atoms in total. The Morgan fingerprint density at radius 2 is 1.64 bits per heavy atom. The molecule has 130 valence electrons. The second-order valence-electron chi connectivity index (χ2n) is 6.23. The van der Waals surface area contributed by atoms with Gasteiger partial charge in [0, 0.05) is 19.5 Å². The Balaban J connectivity index is 1.79. The number of rotatable bonds is 5. The zero-order valence-corrected chi connectivity index (χ0v) is 14.7. The van der Waals surface area contributed by atoms with E-state index in [1.807, 2.05) is 35.2 Å². The molecule has 1 N–H and O–H groups in total. The lowest BCUT2D eigenvalue weighted by Crippen LogP contribution is -2.49. The smallest absolute Gasteiger partial charge is 0.253 e. The molecule has 0 spiro atoms. The van der Waals surface area contributed by atoms with Gasteiger partial charge in [0.2, 0.25) is 5.91 Å². The van der Waals surface area contributed by atoms with Crippen molar-refractivity contribution < 1.29 is 9.59 Å². The third-order valence-electron chi connectivity index (χ3n) is 4.42. The number of nitrogens with one attached hydrogen (secondary N) is 1. The Labute approximate surface area is 152 Å². The fraction of sp³-hybridized carbons (Fsp3) is 0.300. The minimum atomic E-state index is -0.593. The predicted octanol–water partition coefficient (Wildman–Crippen LogP) is 3.30. The predicted molar refractivity (Wildman–Crippen MR) is 98.7 cm³/mol. The molecule has 1 aliphatic heterocycles. The largest absolute Gasteiger partial charge is 0.341 e. The number of likely N-dealkylation sites (tertiary alicyclic amines) is 1. The van der Waals surface area contributed by atoms with Gasteiger partial charge in [0.25, 0.3) is 5.91 Å². The number of halogens is 1. The van der Waals surface area contributed by atoms with Gasteiger partial charge in [0.15, 0.2) is 0 Å². The zero-order valence-electron chi connectivity index (χ0n) is 14.0. The first-order chi connectivity index (χ1) is 12.1. The van der Waals surface area contributed by atoms with Crippen LogP contribution in [0.5, 0.6) is 0 Å². The average molecular weight is 357 g/mol. The Kier molecular flexibility index (Phi) is 5.71. The summed E-state index contributed by atoms with van der Waals surface area (Å²) in [7, 11) is 0. The van der Waals surface area contributed by atoms with Gasteiger partial charge in [-0.3, -0.25) is 9.59 Å². The normalized spacial score (nSPS) is 15.0. The summed E-state index contributed by atoms with van der Waals surface area (Å²) in [4.78, 5) is 27.3. The van der Waals surface area contributed by atoms with E-state index in [9.17, 15) is 9.59 Å². The van der Waals surface area contributed by atoms with Crippen molar-refractivity contribution in [2.75, 3.05) is 13.1 Å². The fourth-order valence-electron chi connectivity index (χ4n) is 3.09. The summed E-state index contributed by atoms with van der Waals surface area (Å²) in [5.74, 6) is -0.346. The molecule has 2 aromatic rings. The average Bonchev–Trinajstić information content (AvgIpc) is 3.16. The summed E-state index contributed by atoms with van der Waals surface area (Å²) in [6, 6.07) is 16.0. The lowest BCUT2D eigenvalue weighted by atomic mass is 10.0. The maximum atomic E-state index is 12.9. The van der Waals surface area contributed by atoms with Gasteiger partial charge in [-0.2, -0.15) is 0 Å². The van der Waals surface area contributed by atoms with Gasteiger partial charge < -0.3 is 10.2 Å². The first-order valence-electron chi connectivity index (χ1n) is 8.53. The lowest BCUT2D eigenvalue weighted by molar-refractivity contribution is -0.132. The van der Waals surface area contributed by atoms with Crippen LogP contribution in [0, 0.1) is 0 Å². The van der Waals surface area contributed by atoms with Gasteiger partial charge in [-0.1, -0.05) is 54.1 Å². The Hall–Kier alpha value is -2.33. The summed E-state index contributed by atoms with van der Waals surface area (Å²) in [6.45, 7) is 1.51. The highest BCUT2D eigenvalue weighted by Gasteiger charge is 2.28. The molecule has 0 saturated carbocycles. The maximum Gasteiger partial charge on any atom is 0.253 e. The van der Waals surface area contributed by atoms with Crippen molar-refractivity contribution in [3.05, 3.63) is 70.7 Å². The highest BCUT2D eigenvalue weighted by atomic mass is 35.5. The highest BCUT2D eigenvalue weighted by Crippen LogP contribution is 2.16. The summed E-state index contributed by atoms with van der Waals surface area (Å²) < 4.78 is 0.